The van der Waals surface area contributed by atoms with E-state index < -0.39 is 17.8 Å². The van der Waals surface area contributed by atoms with Gasteiger partial charge < -0.3 is 9.47 Å². The Morgan fingerprint density at radius 1 is 1.14 bits per heavy atom. The first-order valence-corrected chi connectivity index (χ1v) is 9.10. The number of esters is 1. The third-order valence-electron chi connectivity index (χ3n) is 3.88. The molecule has 1 atom stereocenters. The Balaban J connectivity index is 2.13. The van der Waals surface area contributed by atoms with Crippen molar-refractivity contribution in [3.63, 3.8) is 0 Å². The molecular formula is C19H16F2N2O4S. The summed E-state index contributed by atoms with van der Waals surface area (Å²) in [5.41, 5.74) is 0.554. The van der Waals surface area contributed by atoms with Gasteiger partial charge in [-0.05, 0) is 43.3 Å². The Kier molecular flexibility index (Phi) is 5.93. The van der Waals surface area contributed by atoms with Gasteiger partial charge in [-0.3, -0.25) is 14.2 Å². The minimum absolute atomic E-state index is 0.0299. The van der Waals surface area contributed by atoms with Gasteiger partial charge in [0.1, 0.15) is 11.0 Å². The van der Waals surface area contributed by atoms with Crippen LogP contribution in [0.1, 0.15) is 6.92 Å². The SMILES string of the molecule is COC(=O)[C@H](C)Sc1nc2ccccc2c(=O)n1-c1ccc(OC(F)F)cc1. The smallest absolute Gasteiger partial charge is 0.387 e. The highest BCUT2D eigenvalue weighted by Gasteiger charge is 2.20. The molecule has 1 heterocycles. The van der Waals surface area contributed by atoms with E-state index in [9.17, 15) is 18.4 Å². The molecule has 0 saturated heterocycles. The highest BCUT2D eigenvalue weighted by atomic mass is 32.2. The Labute approximate surface area is 163 Å². The minimum atomic E-state index is -2.94. The number of halogens is 2. The molecule has 28 heavy (non-hydrogen) atoms. The number of ether oxygens (including phenoxy) is 2. The second kappa shape index (κ2) is 8.39. The second-order valence-electron chi connectivity index (χ2n) is 5.71. The number of methoxy groups -OCH3 is 1. The molecule has 0 unspecified atom stereocenters. The van der Waals surface area contributed by atoms with Crippen molar-refractivity contribution in [3.05, 3.63) is 58.9 Å². The Hall–Kier alpha value is -2.94. The normalized spacial score (nSPS) is 12.2. The first kappa shape index (κ1) is 19.8. The molecule has 0 aliphatic carbocycles. The maximum absolute atomic E-state index is 13.1. The Morgan fingerprint density at radius 3 is 2.46 bits per heavy atom. The molecule has 3 rings (SSSR count). The summed E-state index contributed by atoms with van der Waals surface area (Å²) in [5, 5.41) is 0.0698. The lowest BCUT2D eigenvalue weighted by atomic mass is 10.2. The van der Waals surface area contributed by atoms with Crippen molar-refractivity contribution in [1.82, 2.24) is 9.55 Å². The van der Waals surface area contributed by atoms with Crippen LogP contribution >= 0.6 is 11.8 Å². The predicted octanol–water partition coefficient (Wildman–Crippen LogP) is 3.64. The maximum Gasteiger partial charge on any atom is 0.387 e. The van der Waals surface area contributed by atoms with Crippen LogP contribution in [0.4, 0.5) is 8.78 Å². The van der Waals surface area contributed by atoms with Crippen LogP contribution in [0.2, 0.25) is 0 Å². The number of aromatic nitrogens is 2. The van der Waals surface area contributed by atoms with Gasteiger partial charge in [0.05, 0.1) is 23.7 Å². The lowest BCUT2D eigenvalue weighted by Crippen LogP contribution is -2.24. The molecule has 2 aromatic carbocycles. The van der Waals surface area contributed by atoms with Gasteiger partial charge in [-0.1, -0.05) is 23.9 Å². The molecule has 0 saturated carbocycles. The van der Waals surface area contributed by atoms with E-state index in [0.29, 0.717) is 16.6 Å². The standard InChI is InChI=1S/C19H16F2N2O4S/c1-11(17(25)26-2)28-19-22-15-6-4-3-5-14(15)16(24)23(19)12-7-9-13(10-8-12)27-18(20)21/h3-11,18H,1-2H3/t11-/m0/s1. The first-order chi connectivity index (χ1) is 13.4. The van der Waals surface area contributed by atoms with E-state index in [-0.39, 0.29) is 16.5 Å². The maximum atomic E-state index is 13.1. The summed E-state index contributed by atoms with van der Waals surface area (Å²) >= 11 is 1.07. The fourth-order valence-corrected chi connectivity index (χ4v) is 3.52. The number of alkyl halides is 2. The van der Waals surface area contributed by atoms with Crippen LogP contribution in [0.15, 0.2) is 58.5 Å². The van der Waals surface area contributed by atoms with Gasteiger partial charge in [0.15, 0.2) is 5.16 Å². The number of carbonyl (C=O) groups is 1. The Bertz CT molecular complexity index is 1050. The number of fused-ring (bicyclic) bond motifs is 1. The fourth-order valence-electron chi connectivity index (χ4n) is 2.57. The molecule has 0 spiro atoms. The second-order valence-corrected chi connectivity index (χ2v) is 7.02. The number of hydrogen-bond acceptors (Lipinski definition) is 6. The van der Waals surface area contributed by atoms with Crippen LogP contribution in [0.25, 0.3) is 16.6 Å². The number of carbonyl (C=O) groups excluding carboxylic acids is 1. The summed E-state index contributed by atoms with van der Waals surface area (Å²) in [5.74, 6) is -0.489. The quantitative estimate of drug-likeness (QED) is 0.354. The zero-order valence-electron chi connectivity index (χ0n) is 15.0. The molecular weight excluding hydrogens is 390 g/mol. The zero-order valence-corrected chi connectivity index (χ0v) is 15.8. The monoisotopic (exact) mass is 406 g/mol. The lowest BCUT2D eigenvalue weighted by molar-refractivity contribution is -0.139. The van der Waals surface area contributed by atoms with Crippen LogP contribution < -0.4 is 10.3 Å². The highest BCUT2D eigenvalue weighted by molar-refractivity contribution is 8.00. The van der Waals surface area contributed by atoms with Crippen LogP contribution in [0, 0.1) is 0 Å². The van der Waals surface area contributed by atoms with E-state index >= 15 is 0 Å². The molecule has 0 radical (unpaired) electrons. The average Bonchev–Trinajstić information content (AvgIpc) is 2.68. The number of rotatable bonds is 6. The van der Waals surface area contributed by atoms with Crippen LogP contribution in [-0.4, -0.2) is 34.5 Å². The van der Waals surface area contributed by atoms with Crippen LogP contribution in [-0.2, 0) is 9.53 Å². The molecule has 146 valence electrons. The van der Waals surface area contributed by atoms with E-state index in [2.05, 4.69) is 9.72 Å². The van der Waals surface area contributed by atoms with Crippen molar-refractivity contribution in [2.75, 3.05) is 7.11 Å². The molecule has 0 fully saturated rings. The summed E-state index contributed by atoms with van der Waals surface area (Å²) in [6, 6.07) is 12.4. The van der Waals surface area contributed by atoms with Gasteiger partial charge in [-0.2, -0.15) is 8.78 Å². The molecule has 0 N–H and O–H groups in total. The van der Waals surface area contributed by atoms with Crippen molar-refractivity contribution in [3.8, 4) is 11.4 Å². The van der Waals surface area contributed by atoms with Gasteiger partial charge >= 0.3 is 12.6 Å². The van der Waals surface area contributed by atoms with Crippen molar-refractivity contribution in [1.29, 1.82) is 0 Å². The summed E-state index contributed by atoms with van der Waals surface area (Å²) < 4.78 is 35.1. The number of nitrogens with zero attached hydrogens (tertiary/aromatic N) is 2. The molecule has 0 amide bonds. The zero-order chi connectivity index (χ0) is 20.3. The summed E-state index contributed by atoms with van der Waals surface area (Å²) in [4.78, 5) is 29.4. The first-order valence-electron chi connectivity index (χ1n) is 8.22. The Morgan fingerprint density at radius 2 is 1.82 bits per heavy atom. The van der Waals surface area contributed by atoms with Crippen molar-refractivity contribution < 1.29 is 23.0 Å². The van der Waals surface area contributed by atoms with E-state index in [1.807, 2.05) is 0 Å². The largest absolute Gasteiger partial charge is 0.468 e. The van der Waals surface area contributed by atoms with Gasteiger partial charge in [-0.25, -0.2) is 4.98 Å². The predicted molar refractivity (Wildman–Crippen MR) is 101 cm³/mol. The number of thioether (sulfide) groups is 1. The fraction of sp³-hybridized carbons (Fsp3) is 0.211. The van der Waals surface area contributed by atoms with Gasteiger partial charge in [0.2, 0.25) is 0 Å². The van der Waals surface area contributed by atoms with Crippen molar-refractivity contribution in [2.24, 2.45) is 0 Å². The molecule has 3 aromatic rings. The number of para-hydroxylation sites is 1. The van der Waals surface area contributed by atoms with Gasteiger partial charge in [0.25, 0.3) is 5.56 Å². The van der Waals surface area contributed by atoms with E-state index in [1.165, 1.54) is 35.9 Å². The van der Waals surface area contributed by atoms with Crippen molar-refractivity contribution in [2.45, 2.75) is 23.9 Å². The molecule has 0 aliphatic heterocycles. The van der Waals surface area contributed by atoms with E-state index in [4.69, 9.17) is 4.74 Å². The van der Waals surface area contributed by atoms with Gasteiger partial charge in [0, 0.05) is 0 Å². The van der Waals surface area contributed by atoms with Gasteiger partial charge in [-0.15, -0.1) is 0 Å². The summed E-state index contributed by atoms with van der Waals surface area (Å²) in [7, 11) is 1.28. The average molecular weight is 406 g/mol. The topological polar surface area (TPSA) is 70.4 Å². The molecule has 1 aromatic heterocycles. The molecule has 6 nitrogen and oxygen atoms in total. The third kappa shape index (κ3) is 4.14. The van der Waals surface area contributed by atoms with E-state index in [1.54, 1.807) is 31.2 Å². The molecule has 9 heteroatoms. The lowest BCUT2D eigenvalue weighted by Gasteiger charge is -2.15. The van der Waals surface area contributed by atoms with Crippen LogP contribution in [0.3, 0.4) is 0 Å². The van der Waals surface area contributed by atoms with Crippen molar-refractivity contribution >= 4 is 28.6 Å². The molecule has 0 aliphatic rings. The molecule has 0 bridgehead atoms. The summed E-state index contributed by atoms with van der Waals surface area (Å²) in [6.07, 6.45) is 0. The minimum Gasteiger partial charge on any atom is -0.468 e. The number of benzene rings is 2. The van der Waals surface area contributed by atoms with Crippen LogP contribution in [0.5, 0.6) is 5.75 Å². The van der Waals surface area contributed by atoms with E-state index in [0.717, 1.165) is 11.8 Å². The summed E-state index contributed by atoms with van der Waals surface area (Å²) in [6.45, 7) is -1.30. The number of hydrogen-bond donors (Lipinski definition) is 0. The third-order valence-corrected chi connectivity index (χ3v) is 4.91. The highest BCUT2D eigenvalue weighted by Crippen LogP contribution is 2.26.